The van der Waals surface area contributed by atoms with Crippen LogP contribution in [0, 0.1) is 0 Å². The molecular weight excluding hydrogens is 540 g/mol. The van der Waals surface area contributed by atoms with Crippen molar-refractivity contribution < 1.29 is 29.2 Å². The van der Waals surface area contributed by atoms with Crippen LogP contribution < -0.4 is 15.2 Å². The minimum absolute atomic E-state index is 0.0836. The third-order valence-corrected chi connectivity index (χ3v) is 7.68. The molecular formula is C31H30N4O7. The largest absolute Gasteiger partial charge is 0.497 e. The molecule has 0 amide bonds. The molecule has 0 aliphatic carbocycles. The van der Waals surface area contributed by atoms with Crippen molar-refractivity contribution in [3.63, 3.8) is 0 Å². The summed E-state index contributed by atoms with van der Waals surface area (Å²) in [6.07, 6.45) is -1.58. The summed E-state index contributed by atoms with van der Waals surface area (Å²) in [5, 5.41) is 32.4. The van der Waals surface area contributed by atoms with E-state index in [0.717, 1.165) is 21.2 Å². The quantitative estimate of drug-likeness (QED) is 0.228. The lowest BCUT2D eigenvalue weighted by atomic mass is 9.80. The maximum absolute atomic E-state index is 12.1. The van der Waals surface area contributed by atoms with E-state index in [0.29, 0.717) is 22.6 Å². The highest BCUT2D eigenvalue weighted by Gasteiger charge is 2.47. The van der Waals surface area contributed by atoms with Crippen molar-refractivity contribution in [2.24, 2.45) is 0 Å². The SMILES string of the molecule is COc1ccc(C(OC[C@H]2O[C@@H](c3cnn4c(=O)[nH]ncc34)[C@H](O)[C@@H]2O)(c2ccccc2)c2ccc(OC)cc2)cc1. The number of nitrogens with zero attached hydrogens (tertiary/aromatic N) is 3. The molecule has 3 N–H and O–H groups in total. The second-order valence-corrected chi connectivity index (χ2v) is 9.96. The molecule has 0 saturated carbocycles. The van der Waals surface area contributed by atoms with Crippen LogP contribution in [-0.2, 0) is 15.1 Å². The summed E-state index contributed by atoms with van der Waals surface area (Å²) in [4.78, 5) is 12.1. The molecule has 0 radical (unpaired) electrons. The van der Waals surface area contributed by atoms with Crippen molar-refractivity contribution in [3.8, 4) is 11.5 Å². The van der Waals surface area contributed by atoms with Gasteiger partial charge in [-0.05, 0) is 41.0 Å². The van der Waals surface area contributed by atoms with Gasteiger partial charge in [0.2, 0.25) is 0 Å². The number of aliphatic hydroxyl groups excluding tert-OH is 2. The van der Waals surface area contributed by atoms with E-state index in [9.17, 15) is 15.0 Å². The molecule has 11 heteroatoms. The number of aromatic nitrogens is 4. The van der Waals surface area contributed by atoms with Gasteiger partial charge in [-0.1, -0.05) is 54.6 Å². The first-order valence-corrected chi connectivity index (χ1v) is 13.4. The molecule has 0 unspecified atom stereocenters. The summed E-state index contributed by atoms with van der Waals surface area (Å²) in [6.45, 7) is -0.0836. The highest BCUT2D eigenvalue weighted by Crippen LogP contribution is 2.43. The third-order valence-electron chi connectivity index (χ3n) is 7.68. The van der Waals surface area contributed by atoms with Gasteiger partial charge in [0.1, 0.15) is 41.5 Å². The van der Waals surface area contributed by atoms with Crippen LogP contribution in [0.25, 0.3) is 5.52 Å². The van der Waals surface area contributed by atoms with Gasteiger partial charge in [-0.25, -0.2) is 9.89 Å². The topological polar surface area (TPSA) is 140 Å². The normalized spacial score (nSPS) is 20.6. The summed E-state index contributed by atoms with van der Waals surface area (Å²) < 4.78 is 25.0. The Kier molecular flexibility index (Phi) is 7.48. The number of rotatable bonds is 9. The smallest absolute Gasteiger partial charge is 0.363 e. The lowest BCUT2D eigenvalue weighted by Gasteiger charge is -2.37. The van der Waals surface area contributed by atoms with E-state index in [-0.39, 0.29) is 6.61 Å². The van der Waals surface area contributed by atoms with Crippen LogP contribution >= 0.6 is 0 Å². The maximum atomic E-state index is 12.1. The molecule has 0 spiro atoms. The van der Waals surface area contributed by atoms with Crippen LogP contribution in [0.4, 0.5) is 0 Å². The molecule has 11 nitrogen and oxygen atoms in total. The molecule has 1 fully saturated rings. The minimum Gasteiger partial charge on any atom is -0.497 e. The van der Waals surface area contributed by atoms with Gasteiger partial charge in [-0.2, -0.15) is 14.7 Å². The van der Waals surface area contributed by atoms with Gasteiger partial charge in [-0.3, -0.25) is 0 Å². The number of methoxy groups -OCH3 is 2. The van der Waals surface area contributed by atoms with E-state index in [4.69, 9.17) is 18.9 Å². The van der Waals surface area contributed by atoms with Crippen LogP contribution in [0.2, 0.25) is 0 Å². The summed E-state index contributed by atoms with van der Waals surface area (Å²) in [6, 6.07) is 24.9. The summed E-state index contributed by atoms with van der Waals surface area (Å²) in [7, 11) is 3.21. The predicted octanol–water partition coefficient (Wildman–Crippen LogP) is 2.61. The number of H-pyrrole nitrogens is 1. The van der Waals surface area contributed by atoms with Gasteiger partial charge >= 0.3 is 5.69 Å². The van der Waals surface area contributed by atoms with E-state index in [1.54, 1.807) is 14.2 Å². The molecule has 0 bridgehead atoms. The lowest BCUT2D eigenvalue weighted by Crippen LogP contribution is -2.39. The standard InChI is InChI=1S/C31H30N4O7/c1-39-22-12-8-20(9-13-22)31(19-6-4-3-5-7-19,21-10-14-23(40-2)15-11-21)41-18-26-27(36)28(37)29(42-26)24-16-33-35-25(24)17-32-34-30(35)38/h3-17,26-29,36-37H,18H2,1-2H3,(H,34,38)/t26-,27-,28-,29+/m1/s1. The first kappa shape index (κ1) is 27.6. The average Bonchev–Trinajstić information content (AvgIpc) is 3.59. The van der Waals surface area contributed by atoms with Crippen LogP contribution in [0.1, 0.15) is 28.4 Å². The number of benzene rings is 3. The number of fused-ring (bicyclic) bond motifs is 1. The first-order valence-electron chi connectivity index (χ1n) is 13.4. The molecule has 1 saturated heterocycles. The zero-order chi connectivity index (χ0) is 29.3. The number of hydrogen-bond acceptors (Lipinski definition) is 9. The molecule has 216 valence electrons. The fraction of sp³-hybridized carbons (Fsp3) is 0.258. The minimum atomic E-state index is -1.29. The van der Waals surface area contributed by atoms with Gasteiger partial charge < -0.3 is 29.2 Å². The predicted molar refractivity (Wildman–Crippen MR) is 151 cm³/mol. The van der Waals surface area contributed by atoms with Crippen LogP contribution in [0.15, 0.2) is 96.1 Å². The monoisotopic (exact) mass is 570 g/mol. The fourth-order valence-electron chi connectivity index (χ4n) is 5.50. The highest BCUT2D eigenvalue weighted by atomic mass is 16.6. The Morgan fingerprint density at radius 2 is 1.45 bits per heavy atom. The number of ether oxygens (including phenoxy) is 4. The molecule has 2 aromatic heterocycles. The fourth-order valence-corrected chi connectivity index (χ4v) is 5.50. The number of nitrogens with one attached hydrogen (secondary N) is 1. The second kappa shape index (κ2) is 11.4. The van der Waals surface area contributed by atoms with E-state index in [1.807, 2.05) is 78.9 Å². The van der Waals surface area contributed by atoms with Crippen molar-refractivity contribution in [2.45, 2.75) is 30.0 Å². The second-order valence-electron chi connectivity index (χ2n) is 9.96. The van der Waals surface area contributed by atoms with Crippen molar-refractivity contribution in [3.05, 3.63) is 124 Å². The van der Waals surface area contributed by atoms with Gasteiger partial charge in [-0.15, -0.1) is 0 Å². The number of aromatic amines is 1. The Balaban J connectivity index is 1.39. The van der Waals surface area contributed by atoms with Gasteiger partial charge in [0.15, 0.2) is 0 Å². The highest BCUT2D eigenvalue weighted by molar-refractivity contribution is 5.53. The molecule has 6 rings (SSSR count). The Hall–Kier alpha value is -4.55. The summed E-state index contributed by atoms with van der Waals surface area (Å²) >= 11 is 0. The number of hydrogen-bond donors (Lipinski definition) is 3. The Morgan fingerprint density at radius 3 is 2.05 bits per heavy atom. The molecule has 3 aromatic carbocycles. The number of aliphatic hydroxyl groups is 2. The third kappa shape index (κ3) is 4.72. The van der Waals surface area contributed by atoms with E-state index >= 15 is 0 Å². The Bertz CT molecular complexity index is 1660. The summed E-state index contributed by atoms with van der Waals surface area (Å²) in [5.74, 6) is 1.38. The summed E-state index contributed by atoms with van der Waals surface area (Å²) in [5.41, 5.74) is 1.62. The van der Waals surface area contributed by atoms with Crippen LogP contribution in [0.5, 0.6) is 11.5 Å². The maximum Gasteiger partial charge on any atom is 0.363 e. The zero-order valence-electron chi connectivity index (χ0n) is 23.0. The van der Waals surface area contributed by atoms with Crippen molar-refractivity contribution in [1.82, 2.24) is 19.8 Å². The zero-order valence-corrected chi connectivity index (χ0v) is 23.0. The molecule has 4 atom stereocenters. The molecule has 3 heterocycles. The molecule has 42 heavy (non-hydrogen) atoms. The van der Waals surface area contributed by atoms with Crippen molar-refractivity contribution >= 4 is 5.52 Å². The Morgan fingerprint density at radius 1 is 0.857 bits per heavy atom. The average molecular weight is 571 g/mol. The first-order chi connectivity index (χ1) is 20.5. The van der Waals surface area contributed by atoms with Crippen LogP contribution in [0.3, 0.4) is 0 Å². The van der Waals surface area contributed by atoms with Crippen molar-refractivity contribution in [2.75, 3.05) is 20.8 Å². The van der Waals surface area contributed by atoms with Crippen LogP contribution in [-0.4, -0.2) is 69.2 Å². The van der Waals surface area contributed by atoms with Gasteiger partial charge in [0.05, 0.1) is 38.7 Å². The van der Waals surface area contributed by atoms with Gasteiger partial charge in [0.25, 0.3) is 0 Å². The Labute approximate surface area is 240 Å². The van der Waals surface area contributed by atoms with Gasteiger partial charge in [0, 0.05) is 5.56 Å². The van der Waals surface area contributed by atoms with E-state index in [2.05, 4.69) is 15.3 Å². The van der Waals surface area contributed by atoms with E-state index < -0.39 is 35.7 Å². The lowest BCUT2D eigenvalue weighted by molar-refractivity contribution is -0.0826. The molecule has 1 aliphatic heterocycles. The van der Waals surface area contributed by atoms with E-state index in [1.165, 1.54) is 12.4 Å². The molecule has 5 aromatic rings. The molecule has 1 aliphatic rings. The van der Waals surface area contributed by atoms with Crippen molar-refractivity contribution in [1.29, 1.82) is 0 Å².